The number of anilines is 1. The van der Waals surface area contributed by atoms with Crippen molar-refractivity contribution in [3.8, 4) is 0 Å². The lowest BCUT2D eigenvalue weighted by atomic mass is 10.3. The third-order valence-electron chi connectivity index (χ3n) is 1.87. The highest BCUT2D eigenvalue weighted by Crippen LogP contribution is 2.10. The van der Waals surface area contributed by atoms with E-state index < -0.39 is 0 Å². The Balaban J connectivity index is 2.57. The predicted molar refractivity (Wildman–Crippen MR) is 57.3 cm³/mol. The fourth-order valence-corrected chi connectivity index (χ4v) is 1.07. The molecule has 0 aromatic heterocycles. The summed E-state index contributed by atoms with van der Waals surface area (Å²) in [4.78, 5) is 13.0. The second kappa shape index (κ2) is 5.24. The molecule has 4 nitrogen and oxygen atoms in total. The van der Waals surface area contributed by atoms with E-state index >= 15 is 0 Å². The summed E-state index contributed by atoms with van der Waals surface area (Å²) in [6, 6.07) is 9.31. The Kier molecular flexibility index (Phi) is 3.94. The van der Waals surface area contributed by atoms with Crippen molar-refractivity contribution in [2.24, 2.45) is 5.73 Å². The summed E-state index contributed by atoms with van der Waals surface area (Å²) in [6.45, 7) is 0.949. The molecule has 0 aliphatic heterocycles. The third-order valence-corrected chi connectivity index (χ3v) is 1.87. The molecule has 4 heteroatoms. The molecular weight excluding hydrogens is 178 g/mol. The van der Waals surface area contributed by atoms with Gasteiger partial charge in [-0.05, 0) is 12.1 Å². The van der Waals surface area contributed by atoms with Crippen LogP contribution in [0.4, 0.5) is 10.5 Å². The average molecular weight is 193 g/mol. The summed E-state index contributed by atoms with van der Waals surface area (Å²) in [7, 11) is 1.72. The first-order valence-electron chi connectivity index (χ1n) is 4.52. The van der Waals surface area contributed by atoms with Crippen molar-refractivity contribution in [3.05, 3.63) is 30.3 Å². The molecule has 0 heterocycles. The van der Waals surface area contributed by atoms with Gasteiger partial charge in [-0.15, -0.1) is 0 Å². The smallest absolute Gasteiger partial charge is 0.321 e. The second-order valence-electron chi connectivity index (χ2n) is 2.92. The monoisotopic (exact) mass is 193 g/mol. The summed E-state index contributed by atoms with van der Waals surface area (Å²) in [5.41, 5.74) is 6.15. The van der Waals surface area contributed by atoms with Gasteiger partial charge in [0.05, 0.1) is 0 Å². The maximum Gasteiger partial charge on any atom is 0.321 e. The molecule has 1 rings (SSSR count). The van der Waals surface area contributed by atoms with Gasteiger partial charge in [0.2, 0.25) is 0 Å². The number of rotatable bonds is 3. The maximum absolute atomic E-state index is 11.5. The van der Waals surface area contributed by atoms with E-state index in [-0.39, 0.29) is 6.03 Å². The second-order valence-corrected chi connectivity index (χ2v) is 2.92. The first-order chi connectivity index (χ1) is 6.75. The normalized spacial score (nSPS) is 9.57. The van der Waals surface area contributed by atoms with Crippen molar-refractivity contribution in [2.75, 3.05) is 25.0 Å². The van der Waals surface area contributed by atoms with E-state index in [0.29, 0.717) is 13.1 Å². The average Bonchev–Trinajstić information content (AvgIpc) is 2.26. The first-order valence-corrected chi connectivity index (χ1v) is 4.52. The van der Waals surface area contributed by atoms with Crippen LogP contribution < -0.4 is 16.0 Å². The number of urea groups is 1. The first kappa shape index (κ1) is 10.5. The van der Waals surface area contributed by atoms with Crippen molar-refractivity contribution in [2.45, 2.75) is 0 Å². The molecule has 3 N–H and O–H groups in total. The van der Waals surface area contributed by atoms with Crippen LogP contribution in [0.1, 0.15) is 0 Å². The summed E-state index contributed by atoms with van der Waals surface area (Å²) in [5, 5.41) is 2.69. The minimum absolute atomic E-state index is 0.137. The molecular formula is C10H15N3O. The van der Waals surface area contributed by atoms with Crippen LogP contribution >= 0.6 is 0 Å². The molecule has 76 valence electrons. The Morgan fingerprint density at radius 3 is 2.64 bits per heavy atom. The minimum Gasteiger partial charge on any atom is -0.336 e. The number of carbonyl (C=O) groups is 1. The van der Waals surface area contributed by atoms with Gasteiger partial charge >= 0.3 is 6.03 Å². The molecule has 0 atom stereocenters. The van der Waals surface area contributed by atoms with E-state index in [4.69, 9.17) is 5.73 Å². The summed E-state index contributed by atoms with van der Waals surface area (Å²) in [5.74, 6) is 0. The van der Waals surface area contributed by atoms with Crippen molar-refractivity contribution < 1.29 is 4.79 Å². The minimum atomic E-state index is -0.137. The van der Waals surface area contributed by atoms with E-state index in [0.717, 1.165) is 5.69 Å². The number of benzene rings is 1. The number of nitrogens with two attached hydrogens (primary N) is 1. The van der Waals surface area contributed by atoms with Gasteiger partial charge in [0.25, 0.3) is 0 Å². The number of hydrogen-bond donors (Lipinski definition) is 2. The van der Waals surface area contributed by atoms with Crippen molar-refractivity contribution in [1.82, 2.24) is 5.32 Å². The third kappa shape index (κ3) is 2.74. The molecule has 14 heavy (non-hydrogen) atoms. The predicted octanol–water partition coefficient (Wildman–Crippen LogP) is 0.791. The Morgan fingerprint density at radius 1 is 1.43 bits per heavy atom. The summed E-state index contributed by atoms with van der Waals surface area (Å²) in [6.07, 6.45) is 0. The molecule has 2 amide bonds. The van der Waals surface area contributed by atoms with Gasteiger partial charge in [0.1, 0.15) is 0 Å². The van der Waals surface area contributed by atoms with Gasteiger partial charge in [-0.1, -0.05) is 18.2 Å². The van der Waals surface area contributed by atoms with Gasteiger partial charge in [-0.25, -0.2) is 4.79 Å². The number of amides is 2. The summed E-state index contributed by atoms with van der Waals surface area (Å²) >= 11 is 0. The van der Waals surface area contributed by atoms with Crippen molar-refractivity contribution in [1.29, 1.82) is 0 Å². The molecule has 1 aromatic carbocycles. The zero-order chi connectivity index (χ0) is 10.4. The van der Waals surface area contributed by atoms with Crippen molar-refractivity contribution >= 4 is 11.7 Å². The SMILES string of the molecule is CN(C(=O)NCCN)c1ccccc1. The van der Waals surface area contributed by atoms with Gasteiger partial charge in [0.15, 0.2) is 0 Å². The molecule has 0 fully saturated rings. The topological polar surface area (TPSA) is 58.4 Å². The van der Waals surface area contributed by atoms with Gasteiger partial charge in [-0.3, -0.25) is 4.90 Å². The number of para-hydroxylation sites is 1. The molecule has 0 bridgehead atoms. The van der Waals surface area contributed by atoms with Crippen LogP contribution in [0, 0.1) is 0 Å². The van der Waals surface area contributed by atoms with Gasteiger partial charge < -0.3 is 11.1 Å². The molecule has 0 spiro atoms. The molecule has 0 saturated heterocycles. The molecule has 0 radical (unpaired) electrons. The zero-order valence-corrected chi connectivity index (χ0v) is 8.23. The fourth-order valence-electron chi connectivity index (χ4n) is 1.07. The van der Waals surface area contributed by atoms with E-state index in [1.54, 1.807) is 11.9 Å². The van der Waals surface area contributed by atoms with E-state index in [9.17, 15) is 4.79 Å². The largest absolute Gasteiger partial charge is 0.336 e. The van der Waals surface area contributed by atoms with Crippen LogP contribution in [0.5, 0.6) is 0 Å². The molecule has 0 saturated carbocycles. The highest BCUT2D eigenvalue weighted by Gasteiger charge is 2.07. The van der Waals surface area contributed by atoms with Crippen LogP contribution in [0.15, 0.2) is 30.3 Å². The standard InChI is InChI=1S/C10H15N3O/c1-13(10(14)12-8-7-11)9-5-3-2-4-6-9/h2-6H,7-8,11H2,1H3,(H,12,14). The lowest BCUT2D eigenvalue weighted by Gasteiger charge is -2.17. The molecule has 0 unspecified atom stereocenters. The zero-order valence-electron chi connectivity index (χ0n) is 8.23. The van der Waals surface area contributed by atoms with E-state index in [1.165, 1.54) is 0 Å². The Labute approximate surface area is 83.7 Å². The van der Waals surface area contributed by atoms with Crippen LogP contribution in [0.2, 0.25) is 0 Å². The lowest BCUT2D eigenvalue weighted by Crippen LogP contribution is -2.39. The Hall–Kier alpha value is -1.55. The van der Waals surface area contributed by atoms with Gasteiger partial charge in [0, 0.05) is 25.8 Å². The van der Waals surface area contributed by atoms with E-state index in [1.807, 2.05) is 30.3 Å². The lowest BCUT2D eigenvalue weighted by molar-refractivity contribution is 0.248. The Morgan fingerprint density at radius 2 is 2.07 bits per heavy atom. The summed E-state index contributed by atoms with van der Waals surface area (Å²) < 4.78 is 0. The van der Waals surface area contributed by atoms with Crippen molar-refractivity contribution in [3.63, 3.8) is 0 Å². The molecule has 0 aliphatic rings. The highest BCUT2D eigenvalue weighted by atomic mass is 16.2. The van der Waals surface area contributed by atoms with Gasteiger partial charge in [-0.2, -0.15) is 0 Å². The fraction of sp³-hybridized carbons (Fsp3) is 0.300. The molecule has 1 aromatic rings. The maximum atomic E-state index is 11.5. The Bertz CT molecular complexity index is 287. The van der Waals surface area contributed by atoms with Crippen LogP contribution in [0.3, 0.4) is 0 Å². The number of nitrogens with one attached hydrogen (secondary N) is 1. The number of carbonyl (C=O) groups excluding carboxylic acids is 1. The van der Waals surface area contributed by atoms with E-state index in [2.05, 4.69) is 5.32 Å². The van der Waals surface area contributed by atoms with Crippen LogP contribution in [0.25, 0.3) is 0 Å². The van der Waals surface area contributed by atoms with Crippen LogP contribution in [-0.2, 0) is 0 Å². The quantitative estimate of drug-likeness (QED) is 0.745. The number of nitrogens with zero attached hydrogens (tertiary/aromatic N) is 1. The molecule has 0 aliphatic carbocycles. The highest BCUT2D eigenvalue weighted by molar-refractivity contribution is 5.91. The number of hydrogen-bond acceptors (Lipinski definition) is 2. The van der Waals surface area contributed by atoms with Crippen LogP contribution in [-0.4, -0.2) is 26.2 Å².